The van der Waals surface area contributed by atoms with Crippen molar-refractivity contribution in [2.75, 3.05) is 6.61 Å². The van der Waals surface area contributed by atoms with E-state index in [1.54, 1.807) is 0 Å². The van der Waals surface area contributed by atoms with E-state index in [1.165, 1.54) is 11.1 Å². The lowest BCUT2D eigenvalue weighted by atomic mass is 10.0. The summed E-state index contributed by atoms with van der Waals surface area (Å²) < 4.78 is 5.59. The summed E-state index contributed by atoms with van der Waals surface area (Å²) >= 11 is 0. The van der Waals surface area contributed by atoms with Crippen LogP contribution in [0.4, 0.5) is 0 Å². The van der Waals surface area contributed by atoms with Crippen LogP contribution in [0.25, 0.3) is 11.1 Å². The number of hydrogen-bond donors (Lipinski definition) is 1. The van der Waals surface area contributed by atoms with Gasteiger partial charge in [0.1, 0.15) is 5.75 Å². The Morgan fingerprint density at radius 3 is 2.42 bits per heavy atom. The van der Waals surface area contributed by atoms with Gasteiger partial charge in [-0.05, 0) is 48.2 Å². The third kappa shape index (κ3) is 3.58. The Kier molecular flexibility index (Phi) is 4.58. The molecule has 1 atom stereocenters. The first-order valence-corrected chi connectivity index (χ1v) is 6.79. The Hall–Kier alpha value is -1.80. The van der Waals surface area contributed by atoms with Crippen molar-refractivity contribution >= 4 is 0 Å². The van der Waals surface area contributed by atoms with Gasteiger partial charge in [0.2, 0.25) is 0 Å². The van der Waals surface area contributed by atoms with Gasteiger partial charge < -0.3 is 10.5 Å². The topological polar surface area (TPSA) is 35.2 Å². The standard InChI is InChI=1S/C17H21NO/c1-3-11-19-17-9-7-14(8-10-17)16-6-4-5-15(12-16)13(2)18/h4-10,12-13H,3,11,18H2,1-2H3. The van der Waals surface area contributed by atoms with Crippen LogP contribution in [-0.2, 0) is 0 Å². The molecule has 2 heteroatoms. The lowest BCUT2D eigenvalue weighted by Crippen LogP contribution is -2.04. The Bertz CT molecular complexity index is 517. The van der Waals surface area contributed by atoms with Crippen molar-refractivity contribution < 1.29 is 4.74 Å². The maximum atomic E-state index is 5.92. The second-order valence-corrected chi connectivity index (χ2v) is 4.79. The van der Waals surface area contributed by atoms with Crippen LogP contribution in [0.3, 0.4) is 0 Å². The first kappa shape index (κ1) is 13.6. The highest BCUT2D eigenvalue weighted by Crippen LogP contribution is 2.24. The fraction of sp³-hybridized carbons (Fsp3) is 0.294. The van der Waals surface area contributed by atoms with Crippen LogP contribution in [0.2, 0.25) is 0 Å². The molecule has 2 aromatic carbocycles. The molecule has 0 heterocycles. The lowest BCUT2D eigenvalue weighted by Gasteiger charge is -2.09. The van der Waals surface area contributed by atoms with Crippen molar-refractivity contribution in [3.63, 3.8) is 0 Å². The average Bonchev–Trinajstić information content (AvgIpc) is 2.46. The molecule has 100 valence electrons. The zero-order valence-electron chi connectivity index (χ0n) is 11.6. The SMILES string of the molecule is CCCOc1ccc(-c2cccc(C(C)N)c2)cc1. The largest absolute Gasteiger partial charge is 0.494 e. The second kappa shape index (κ2) is 6.39. The molecule has 0 saturated heterocycles. The van der Waals surface area contributed by atoms with Gasteiger partial charge in [0.05, 0.1) is 6.61 Å². The van der Waals surface area contributed by atoms with Crippen LogP contribution < -0.4 is 10.5 Å². The van der Waals surface area contributed by atoms with Crippen molar-refractivity contribution in [1.29, 1.82) is 0 Å². The van der Waals surface area contributed by atoms with E-state index in [2.05, 4.69) is 43.3 Å². The fourth-order valence-electron chi connectivity index (χ4n) is 1.96. The van der Waals surface area contributed by atoms with E-state index >= 15 is 0 Å². The van der Waals surface area contributed by atoms with Crippen molar-refractivity contribution in [1.82, 2.24) is 0 Å². The molecule has 0 aromatic heterocycles. The smallest absolute Gasteiger partial charge is 0.119 e. The Morgan fingerprint density at radius 2 is 1.79 bits per heavy atom. The van der Waals surface area contributed by atoms with Crippen LogP contribution in [0, 0.1) is 0 Å². The minimum absolute atomic E-state index is 0.0621. The lowest BCUT2D eigenvalue weighted by molar-refractivity contribution is 0.317. The molecule has 1 unspecified atom stereocenters. The minimum Gasteiger partial charge on any atom is -0.494 e. The molecular weight excluding hydrogens is 234 g/mol. The van der Waals surface area contributed by atoms with E-state index in [-0.39, 0.29) is 6.04 Å². The average molecular weight is 255 g/mol. The van der Waals surface area contributed by atoms with E-state index in [1.807, 2.05) is 19.1 Å². The highest BCUT2D eigenvalue weighted by atomic mass is 16.5. The molecule has 0 amide bonds. The molecule has 2 rings (SSSR count). The fourth-order valence-corrected chi connectivity index (χ4v) is 1.96. The maximum Gasteiger partial charge on any atom is 0.119 e. The van der Waals surface area contributed by atoms with Gasteiger partial charge in [0.25, 0.3) is 0 Å². The zero-order valence-corrected chi connectivity index (χ0v) is 11.6. The highest BCUT2D eigenvalue weighted by molar-refractivity contribution is 5.65. The molecule has 0 aliphatic rings. The predicted molar refractivity (Wildman–Crippen MR) is 80.3 cm³/mol. The number of ether oxygens (including phenoxy) is 1. The van der Waals surface area contributed by atoms with E-state index < -0.39 is 0 Å². The molecule has 0 aliphatic carbocycles. The number of hydrogen-bond acceptors (Lipinski definition) is 2. The van der Waals surface area contributed by atoms with Gasteiger partial charge in [-0.15, -0.1) is 0 Å². The van der Waals surface area contributed by atoms with E-state index in [0.717, 1.165) is 24.3 Å². The summed E-state index contributed by atoms with van der Waals surface area (Å²) in [4.78, 5) is 0. The molecule has 0 saturated carbocycles. The zero-order chi connectivity index (χ0) is 13.7. The molecule has 0 fully saturated rings. The molecule has 2 aromatic rings. The van der Waals surface area contributed by atoms with Crippen LogP contribution in [0.5, 0.6) is 5.75 Å². The van der Waals surface area contributed by atoms with Crippen molar-refractivity contribution in [2.24, 2.45) is 5.73 Å². The van der Waals surface area contributed by atoms with Gasteiger partial charge in [-0.1, -0.05) is 37.3 Å². The molecule has 2 N–H and O–H groups in total. The third-order valence-electron chi connectivity index (χ3n) is 3.07. The van der Waals surface area contributed by atoms with Crippen LogP contribution in [-0.4, -0.2) is 6.61 Å². The second-order valence-electron chi connectivity index (χ2n) is 4.79. The number of benzene rings is 2. The summed E-state index contributed by atoms with van der Waals surface area (Å²) in [5.74, 6) is 0.925. The molecule has 0 aliphatic heterocycles. The van der Waals surface area contributed by atoms with Gasteiger partial charge in [-0.2, -0.15) is 0 Å². The summed E-state index contributed by atoms with van der Waals surface area (Å²) in [6.07, 6.45) is 1.03. The van der Waals surface area contributed by atoms with Crippen LogP contribution >= 0.6 is 0 Å². The Morgan fingerprint density at radius 1 is 1.05 bits per heavy atom. The Balaban J connectivity index is 2.19. The minimum atomic E-state index is 0.0621. The number of nitrogens with two attached hydrogens (primary N) is 1. The van der Waals surface area contributed by atoms with Crippen LogP contribution in [0.15, 0.2) is 48.5 Å². The van der Waals surface area contributed by atoms with Crippen LogP contribution in [0.1, 0.15) is 31.9 Å². The summed E-state index contributed by atoms with van der Waals surface area (Å²) in [6.45, 7) is 4.87. The Labute approximate surface area is 115 Å². The van der Waals surface area contributed by atoms with E-state index in [0.29, 0.717) is 0 Å². The first-order chi connectivity index (χ1) is 9.20. The maximum absolute atomic E-state index is 5.92. The highest BCUT2D eigenvalue weighted by Gasteiger charge is 2.03. The summed E-state index contributed by atoms with van der Waals surface area (Å²) in [6, 6.07) is 16.6. The van der Waals surface area contributed by atoms with E-state index in [9.17, 15) is 0 Å². The van der Waals surface area contributed by atoms with Gasteiger partial charge >= 0.3 is 0 Å². The monoisotopic (exact) mass is 255 g/mol. The van der Waals surface area contributed by atoms with E-state index in [4.69, 9.17) is 10.5 Å². The molecule has 2 nitrogen and oxygen atoms in total. The van der Waals surface area contributed by atoms with Crippen molar-refractivity contribution in [3.05, 3.63) is 54.1 Å². The predicted octanol–water partition coefficient (Wildman–Crippen LogP) is 4.16. The van der Waals surface area contributed by atoms with Gasteiger partial charge in [-0.25, -0.2) is 0 Å². The van der Waals surface area contributed by atoms with Gasteiger partial charge in [0.15, 0.2) is 0 Å². The van der Waals surface area contributed by atoms with Gasteiger partial charge in [0, 0.05) is 6.04 Å². The quantitative estimate of drug-likeness (QED) is 0.870. The molecule has 0 bridgehead atoms. The summed E-state index contributed by atoms with van der Waals surface area (Å²) in [7, 11) is 0. The molecule has 0 spiro atoms. The molecule has 19 heavy (non-hydrogen) atoms. The first-order valence-electron chi connectivity index (χ1n) is 6.79. The van der Waals surface area contributed by atoms with Crippen molar-refractivity contribution in [2.45, 2.75) is 26.3 Å². The van der Waals surface area contributed by atoms with Crippen molar-refractivity contribution in [3.8, 4) is 16.9 Å². The molecule has 0 radical (unpaired) electrons. The number of rotatable bonds is 5. The summed E-state index contributed by atoms with van der Waals surface area (Å²) in [5, 5.41) is 0. The summed E-state index contributed by atoms with van der Waals surface area (Å²) in [5.41, 5.74) is 9.45. The third-order valence-corrected chi connectivity index (χ3v) is 3.07. The molecular formula is C17H21NO. The normalized spacial score (nSPS) is 12.2. The van der Waals surface area contributed by atoms with Gasteiger partial charge in [-0.3, -0.25) is 0 Å².